The van der Waals surface area contributed by atoms with E-state index in [-0.39, 0.29) is 12.0 Å². The van der Waals surface area contributed by atoms with Crippen molar-refractivity contribution in [2.24, 2.45) is 0 Å². The largest absolute Gasteiger partial charge is 0.481 e. The fraction of sp³-hybridized carbons (Fsp3) is 0.417. The number of hydrogen-bond donors (Lipinski definition) is 6. The Labute approximate surface area is 200 Å². The van der Waals surface area contributed by atoms with Gasteiger partial charge in [-0.25, -0.2) is 4.79 Å². The van der Waals surface area contributed by atoms with Crippen molar-refractivity contribution in [1.29, 1.82) is 0 Å². The Morgan fingerprint density at radius 1 is 0.914 bits per heavy atom. The molecule has 11 nitrogen and oxygen atoms in total. The van der Waals surface area contributed by atoms with Crippen molar-refractivity contribution < 1.29 is 54.4 Å². The second-order valence-electron chi connectivity index (χ2n) is 8.23. The van der Waals surface area contributed by atoms with Crippen LogP contribution in [0.5, 0.6) is 0 Å². The van der Waals surface area contributed by atoms with Crippen molar-refractivity contribution in [3.05, 3.63) is 71.8 Å². The quantitative estimate of drug-likeness (QED) is 0.233. The van der Waals surface area contributed by atoms with Crippen molar-refractivity contribution in [3.8, 4) is 0 Å². The highest BCUT2D eigenvalue weighted by Crippen LogP contribution is 2.34. The maximum Gasteiger partial charge on any atom is 0.337 e. The van der Waals surface area contributed by atoms with Gasteiger partial charge in [-0.3, -0.25) is 4.79 Å². The molecule has 1 saturated heterocycles. The average molecular weight is 492 g/mol. The summed E-state index contributed by atoms with van der Waals surface area (Å²) in [4.78, 5) is 24.1. The minimum absolute atomic E-state index is 0.272. The van der Waals surface area contributed by atoms with Gasteiger partial charge in [0.2, 0.25) is 0 Å². The van der Waals surface area contributed by atoms with Crippen molar-refractivity contribution in [2.45, 2.75) is 55.4 Å². The summed E-state index contributed by atoms with van der Waals surface area (Å²) in [7, 11) is 0. The molecule has 2 aromatic rings. The van der Waals surface area contributed by atoms with E-state index in [2.05, 4.69) is 0 Å². The molecule has 0 bridgehead atoms. The molecule has 11 heteroatoms. The van der Waals surface area contributed by atoms with E-state index in [0.29, 0.717) is 5.56 Å². The fourth-order valence-corrected chi connectivity index (χ4v) is 3.81. The van der Waals surface area contributed by atoms with Crippen LogP contribution in [0.4, 0.5) is 0 Å². The number of carbonyl (C=O) groups is 2. The number of carboxylic acids is 2. The third kappa shape index (κ3) is 6.41. The smallest absolute Gasteiger partial charge is 0.337 e. The summed E-state index contributed by atoms with van der Waals surface area (Å²) < 4.78 is 17.0. The number of hydrogen-bond acceptors (Lipinski definition) is 9. The highest BCUT2D eigenvalue weighted by molar-refractivity contribution is 5.84. The van der Waals surface area contributed by atoms with Crippen LogP contribution in [0.1, 0.15) is 23.8 Å². The molecule has 2 unspecified atom stereocenters. The maximum atomic E-state index is 12.4. The number of carboxylic acid groups (broad SMARTS) is 2. The van der Waals surface area contributed by atoms with Crippen molar-refractivity contribution in [2.75, 3.05) is 6.61 Å². The summed E-state index contributed by atoms with van der Waals surface area (Å²) in [5.74, 6) is -2.98. The van der Waals surface area contributed by atoms with Crippen LogP contribution in [0.2, 0.25) is 0 Å². The Morgan fingerprint density at radius 3 is 2.06 bits per heavy atom. The van der Waals surface area contributed by atoms with Crippen molar-refractivity contribution >= 4 is 11.9 Å². The van der Waals surface area contributed by atoms with Gasteiger partial charge in [0, 0.05) is 12.0 Å². The zero-order chi connectivity index (χ0) is 25.6. The number of benzene rings is 2. The maximum absolute atomic E-state index is 12.4. The lowest BCUT2D eigenvalue weighted by Gasteiger charge is -2.41. The lowest BCUT2D eigenvalue weighted by molar-refractivity contribution is -0.350. The molecule has 0 aromatic heterocycles. The summed E-state index contributed by atoms with van der Waals surface area (Å²) in [6.07, 6.45) is -10.9. The molecule has 190 valence electrons. The molecule has 6 N–H and O–H groups in total. The molecule has 2 aromatic carbocycles. The van der Waals surface area contributed by atoms with Gasteiger partial charge in [-0.1, -0.05) is 60.7 Å². The Hall–Kier alpha value is -2.90. The fourth-order valence-electron chi connectivity index (χ4n) is 3.81. The molecular weight excluding hydrogens is 464 g/mol. The number of rotatable bonds is 11. The monoisotopic (exact) mass is 492 g/mol. The summed E-state index contributed by atoms with van der Waals surface area (Å²) in [5, 5.41) is 59.6. The van der Waals surface area contributed by atoms with Gasteiger partial charge in [0.25, 0.3) is 0 Å². The summed E-state index contributed by atoms with van der Waals surface area (Å²) in [6.45, 7) is -0.701. The Kier molecular flexibility index (Phi) is 8.92. The number of aliphatic carboxylic acids is 2. The Morgan fingerprint density at radius 2 is 1.51 bits per heavy atom. The van der Waals surface area contributed by atoms with Gasteiger partial charge in [0.15, 0.2) is 18.2 Å². The normalized spacial score (nSPS) is 27.0. The van der Waals surface area contributed by atoms with E-state index in [4.69, 9.17) is 14.2 Å². The van der Waals surface area contributed by atoms with Gasteiger partial charge in [-0.05, 0) is 5.56 Å². The topological polar surface area (TPSA) is 183 Å². The standard InChI is InChI=1S/C24H28O11/c25-13-16-18(28)19(29)20(30)22(33-16)34-21(15-9-5-2-6-10-15)35-24(23(31)32,12-17(26)27)11-14-7-3-1-4-8-14/h1-10,16,18-22,25,28-30H,11-13H2,(H,26,27)(H,31,32)/t16-,18-,19+,20-,21?,22+,24?/m1/s1. The number of aliphatic hydroxyl groups excluding tert-OH is 4. The molecule has 1 heterocycles. The lowest BCUT2D eigenvalue weighted by Crippen LogP contribution is -2.59. The van der Waals surface area contributed by atoms with Crippen molar-refractivity contribution in [3.63, 3.8) is 0 Å². The van der Waals surface area contributed by atoms with E-state index in [1.807, 2.05) is 0 Å². The number of aliphatic hydroxyl groups is 4. The first-order valence-corrected chi connectivity index (χ1v) is 10.8. The molecule has 0 saturated carbocycles. The molecule has 1 aliphatic rings. The minimum atomic E-state index is -2.29. The van der Waals surface area contributed by atoms with Gasteiger partial charge >= 0.3 is 11.9 Å². The minimum Gasteiger partial charge on any atom is -0.481 e. The second kappa shape index (κ2) is 11.7. The lowest BCUT2D eigenvalue weighted by atomic mass is 9.90. The molecule has 35 heavy (non-hydrogen) atoms. The SMILES string of the molecule is O=C(O)CC(Cc1ccccc1)(OC(O[C@@H]1O[C@H](CO)[C@@H](O)[C@H](O)[C@H]1O)c1ccccc1)C(=O)O. The van der Waals surface area contributed by atoms with Crippen LogP contribution in [-0.2, 0) is 30.2 Å². The predicted molar refractivity (Wildman–Crippen MR) is 118 cm³/mol. The molecule has 0 amide bonds. The van der Waals surface area contributed by atoms with E-state index < -0.39 is 67.6 Å². The average Bonchev–Trinajstić information content (AvgIpc) is 2.84. The molecule has 1 fully saturated rings. The van der Waals surface area contributed by atoms with Crippen LogP contribution in [-0.4, -0.2) is 85.5 Å². The Balaban J connectivity index is 1.98. The third-order valence-electron chi connectivity index (χ3n) is 5.67. The zero-order valence-electron chi connectivity index (χ0n) is 18.6. The van der Waals surface area contributed by atoms with Crippen LogP contribution in [0.3, 0.4) is 0 Å². The summed E-state index contributed by atoms with van der Waals surface area (Å²) in [5.41, 5.74) is -1.52. The van der Waals surface area contributed by atoms with E-state index in [1.165, 1.54) is 12.1 Å². The first-order chi connectivity index (χ1) is 16.7. The molecule has 1 aliphatic heterocycles. The molecule has 0 aliphatic carbocycles. The van der Waals surface area contributed by atoms with Crippen LogP contribution in [0.25, 0.3) is 0 Å². The zero-order valence-corrected chi connectivity index (χ0v) is 18.6. The molecular formula is C24H28O11. The van der Waals surface area contributed by atoms with Crippen LogP contribution in [0.15, 0.2) is 60.7 Å². The second-order valence-corrected chi connectivity index (χ2v) is 8.23. The van der Waals surface area contributed by atoms with Crippen LogP contribution >= 0.6 is 0 Å². The predicted octanol–water partition coefficient (Wildman–Crippen LogP) is 0.0591. The Bertz CT molecular complexity index is 968. The van der Waals surface area contributed by atoms with Gasteiger partial charge in [-0.2, -0.15) is 0 Å². The van der Waals surface area contributed by atoms with Gasteiger partial charge in [-0.15, -0.1) is 0 Å². The van der Waals surface area contributed by atoms with E-state index in [1.54, 1.807) is 48.5 Å². The van der Waals surface area contributed by atoms with Crippen LogP contribution < -0.4 is 0 Å². The van der Waals surface area contributed by atoms with E-state index >= 15 is 0 Å². The molecule has 0 spiro atoms. The van der Waals surface area contributed by atoms with Gasteiger partial charge in [0.05, 0.1) is 13.0 Å². The van der Waals surface area contributed by atoms with Crippen molar-refractivity contribution in [1.82, 2.24) is 0 Å². The highest BCUT2D eigenvalue weighted by atomic mass is 16.8. The highest BCUT2D eigenvalue weighted by Gasteiger charge is 2.48. The van der Waals surface area contributed by atoms with Gasteiger partial charge in [0.1, 0.15) is 24.4 Å². The van der Waals surface area contributed by atoms with E-state index in [0.717, 1.165) is 0 Å². The summed E-state index contributed by atoms with van der Waals surface area (Å²) >= 11 is 0. The first kappa shape index (κ1) is 26.7. The number of ether oxygens (including phenoxy) is 3. The van der Waals surface area contributed by atoms with Gasteiger partial charge < -0.3 is 44.8 Å². The van der Waals surface area contributed by atoms with Crippen LogP contribution in [0, 0.1) is 0 Å². The third-order valence-corrected chi connectivity index (χ3v) is 5.67. The molecule has 0 radical (unpaired) electrons. The molecule has 7 atom stereocenters. The molecule has 3 rings (SSSR count). The summed E-state index contributed by atoms with van der Waals surface area (Å²) in [6, 6.07) is 16.3. The first-order valence-electron chi connectivity index (χ1n) is 10.8. The van der Waals surface area contributed by atoms with E-state index in [9.17, 15) is 40.2 Å².